The second-order valence-electron chi connectivity index (χ2n) is 5.96. The molecule has 0 saturated carbocycles. The molecular formula is C21H21N3O2. The average Bonchev–Trinajstić information content (AvgIpc) is 2.99. The number of nitrogens with zero attached hydrogens (tertiary/aromatic N) is 2. The number of aromatic nitrogens is 1. The number of hydrogen-bond donors (Lipinski definition) is 1. The highest BCUT2D eigenvalue weighted by atomic mass is 16.5. The van der Waals surface area contributed by atoms with E-state index in [0.717, 1.165) is 23.0 Å². The SMILES string of the molecule is CCn1c2ccccc2c2cc(/C=C(/C#N)C(=O)NCCOC)ccc21. The molecule has 3 rings (SSSR count). The van der Waals surface area contributed by atoms with Gasteiger partial charge >= 0.3 is 0 Å². The van der Waals surface area contributed by atoms with Gasteiger partial charge in [0.25, 0.3) is 5.91 Å². The number of hydrogen-bond acceptors (Lipinski definition) is 3. The molecular weight excluding hydrogens is 326 g/mol. The van der Waals surface area contributed by atoms with Crippen molar-refractivity contribution >= 4 is 33.8 Å². The van der Waals surface area contributed by atoms with Gasteiger partial charge in [-0.1, -0.05) is 24.3 Å². The first kappa shape index (κ1) is 17.7. The molecule has 2 aromatic carbocycles. The van der Waals surface area contributed by atoms with E-state index in [0.29, 0.717) is 13.2 Å². The predicted octanol–water partition coefficient (Wildman–Crippen LogP) is 3.48. The fourth-order valence-electron chi connectivity index (χ4n) is 3.18. The van der Waals surface area contributed by atoms with Gasteiger partial charge in [0.15, 0.2) is 0 Å². The van der Waals surface area contributed by atoms with Crippen LogP contribution >= 0.6 is 0 Å². The van der Waals surface area contributed by atoms with Crippen LogP contribution in [0.4, 0.5) is 0 Å². The highest BCUT2D eigenvalue weighted by Gasteiger charge is 2.11. The van der Waals surface area contributed by atoms with Gasteiger partial charge in [0, 0.05) is 42.0 Å². The number of methoxy groups -OCH3 is 1. The normalized spacial score (nSPS) is 11.7. The van der Waals surface area contributed by atoms with Crippen molar-refractivity contribution in [2.45, 2.75) is 13.5 Å². The van der Waals surface area contributed by atoms with E-state index in [9.17, 15) is 10.1 Å². The van der Waals surface area contributed by atoms with Crippen LogP contribution in [-0.4, -0.2) is 30.7 Å². The molecule has 3 aromatic rings. The lowest BCUT2D eigenvalue weighted by molar-refractivity contribution is -0.117. The molecule has 0 atom stereocenters. The van der Waals surface area contributed by atoms with Crippen LogP contribution in [0.25, 0.3) is 27.9 Å². The molecule has 1 heterocycles. The van der Waals surface area contributed by atoms with E-state index in [4.69, 9.17) is 4.74 Å². The summed E-state index contributed by atoms with van der Waals surface area (Å²) in [4.78, 5) is 12.1. The number of fused-ring (bicyclic) bond motifs is 3. The Hall–Kier alpha value is -3.10. The van der Waals surface area contributed by atoms with Gasteiger partial charge in [-0.15, -0.1) is 0 Å². The molecule has 0 aliphatic heterocycles. The van der Waals surface area contributed by atoms with Gasteiger partial charge in [-0.2, -0.15) is 5.26 Å². The topological polar surface area (TPSA) is 67.0 Å². The minimum absolute atomic E-state index is 0.0830. The molecule has 0 aliphatic carbocycles. The summed E-state index contributed by atoms with van der Waals surface area (Å²) in [5, 5.41) is 14.3. The van der Waals surface area contributed by atoms with Crippen LogP contribution in [0.5, 0.6) is 0 Å². The van der Waals surface area contributed by atoms with Gasteiger partial charge in [0.05, 0.1) is 6.61 Å². The van der Waals surface area contributed by atoms with E-state index >= 15 is 0 Å². The van der Waals surface area contributed by atoms with Crippen LogP contribution in [-0.2, 0) is 16.1 Å². The fourth-order valence-corrected chi connectivity index (χ4v) is 3.18. The van der Waals surface area contributed by atoms with Crippen molar-refractivity contribution in [3.63, 3.8) is 0 Å². The van der Waals surface area contributed by atoms with E-state index < -0.39 is 0 Å². The third kappa shape index (κ3) is 3.32. The monoisotopic (exact) mass is 347 g/mol. The van der Waals surface area contributed by atoms with Gasteiger partial charge in [0.2, 0.25) is 0 Å². The summed E-state index contributed by atoms with van der Waals surface area (Å²) in [6.45, 7) is 3.78. The number of nitriles is 1. The lowest BCUT2D eigenvalue weighted by Crippen LogP contribution is -2.27. The third-order valence-electron chi connectivity index (χ3n) is 4.38. The highest BCUT2D eigenvalue weighted by molar-refractivity contribution is 6.09. The highest BCUT2D eigenvalue weighted by Crippen LogP contribution is 2.30. The standard InChI is InChI=1S/C21H21N3O2/c1-3-24-19-7-5-4-6-17(19)18-13-15(8-9-20(18)24)12-16(14-22)21(25)23-10-11-26-2/h4-9,12-13H,3,10-11H2,1-2H3,(H,23,25)/b16-12-. The average molecular weight is 347 g/mol. The van der Waals surface area contributed by atoms with Crippen molar-refractivity contribution < 1.29 is 9.53 Å². The second kappa shape index (κ2) is 7.85. The van der Waals surface area contributed by atoms with Crippen LogP contribution < -0.4 is 5.32 Å². The smallest absolute Gasteiger partial charge is 0.262 e. The van der Waals surface area contributed by atoms with Crippen molar-refractivity contribution in [3.8, 4) is 6.07 Å². The molecule has 0 aliphatic rings. The van der Waals surface area contributed by atoms with Gasteiger partial charge in [-0.05, 0) is 36.8 Å². The van der Waals surface area contributed by atoms with E-state index in [1.807, 2.05) is 36.4 Å². The molecule has 0 fully saturated rings. The molecule has 0 spiro atoms. The number of amides is 1. The summed E-state index contributed by atoms with van der Waals surface area (Å²) in [6, 6.07) is 16.3. The number of ether oxygens (including phenoxy) is 1. The van der Waals surface area contributed by atoms with Gasteiger partial charge in [-0.3, -0.25) is 4.79 Å². The number of carbonyl (C=O) groups is 1. The van der Waals surface area contributed by atoms with Crippen LogP contribution in [0.2, 0.25) is 0 Å². The fraction of sp³-hybridized carbons (Fsp3) is 0.238. The van der Waals surface area contributed by atoms with Gasteiger partial charge < -0.3 is 14.6 Å². The zero-order chi connectivity index (χ0) is 18.5. The van der Waals surface area contributed by atoms with E-state index in [1.165, 1.54) is 10.9 Å². The summed E-state index contributed by atoms with van der Waals surface area (Å²) in [6.07, 6.45) is 1.62. The van der Waals surface area contributed by atoms with Crippen LogP contribution in [0.3, 0.4) is 0 Å². The van der Waals surface area contributed by atoms with Gasteiger partial charge in [-0.25, -0.2) is 0 Å². The number of para-hydroxylation sites is 1. The van der Waals surface area contributed by atoms with Crippen LogP contribution in [0.15, 0.2) is 48.0 Å². The maximum absolute atomic E-state index is 12.1. The molecule has 0 unspecified atom stereocenters. The number of benzene rings is 2. The number of nitrogens with one attached hydrogen (secondary N) is 1. The Balaban J connectivity index is 2.02. The molecule has 26 heavy (non-hydrogen) atoms. The summed E-state index contributed by atoms with van der Waals surface area (Å²) in [5.74, 6) is -0.388. The minimum Gasteiger partial charge on any atom is -0.383 e. The molecule has 1 N–H and O–H groups in total. The first-order valence-corrected chi connectivity index (χ1v) is 8.59. The molecule has 0 bridgehead atoms. The Morgan fingerprint density at radius 1 is 1.23 bits per heavy atom. The first-order valence-electron chi connectivity index (χ1n) is 8.59. The Morgan fingerprint density at radius 3 is 2.73 bits per heavy atom. The summed E-state index contributed by atoms with van der Waals surface area (Å²) < 4.78 is 7.17. The third-order valence-corrected chi connectivity index (χ3v) is 4.38. The van der Waals surface area contributed by atoms with Crippen LogP contribution in [0.1, 0.15) is 12.5 Å². The number of rotatable bonds is 6. The summed E-state index contributed by atoms with van der Waals surface area (Å²) in [7, 11) is 1.56. The largest absolute Gasteiger partial charge is 0.383 e. The maximum atomic E-state index is 12.1. The van der Waals surface area contributed by atoms with E-state index in [2.05, 4.69) is 28.9 Å². The lowest BCUT2D eigenvalue weighted by atomic mass is 10.1. The summed E-state index contributed by atoms with van der Waals surface area (Å²) in [5.41, 5.74) is 3.24. The van der Waals surface area contributed by atoms with Crippen molar-refractivity contribution in [2.24, 2.45) is 0 Å². The molecule has 0 radical (unpaired) electrons. The molecule has 5 heteroatoms. The zero-order valence-electron chi connectivity index (χ0n) is 15.0. The van der Waals surface area contributed by atoms with Crippen molar-refractivity contribution in [1.82, 2.24) is 9.88 Å². The van der Waals surface area contributed by atoms with Crippen molar-refractivity contribution in [3.05, 3.63) is 53.6 Å². The zero-order valence-corrected chi connectivity index (χ0v) is 15.0. The quantitative estimate of drug-likeness (QED) is 0.422. The van der Waals surface area contributed by atoms with Gasteiger partial charge in [0.1, 0.15) is 11.6 Å². The Kier molecular flexibility index (Phi) is 5.35. The van der Waals surface area contributed by atoms with Crippen molar-refractivity contribution in [1.29, 1.82) is 5.26 Å². The maximum Gasteiger partial charge on any atom is 0.262 e. The molecule has 1 aromatic heterocycles. The predicted molar refractivity (Wildman–Crippen MR) is 104 cm³/mol. The minimum atomic E-state index is -0.388. The summed E-state index contributed by atoms with van der Waals surface area (Å²) >= 11 is 0. The Labute approximate surface area is 152 Å². The lowest BCUT2D eigenvalue weighted by Gasteiger charge is -2.04. The van der Waals surface area contributed by atoms with E-state index in [1.54, 1.807) is 13.2 Å². The molecule has 0 saturated heterocycles. The van der Waals surface area contributed by atoms with E-state index in [-0.39, 0.29) is 11.5 Å². The number of carbonyl (C=O) groups excluding carboxylic acids is 1. The Morgan fingerprint density at radius 2 is 2.00 bits per heavy atom. The van der Waals surface area contributed by atoms with Crippen LogP contribution in [0, 0.1) is 11.3 Å². The number of aryl methyl sites for hydroxylation is 1. The molecule has 5 nitrogen and oxygen atoms in total. The second-order valence-corrected chi connectivity index (χ2v) is 5.96. The van der Waals surface area contributed by atoms with Crippen molar-refractivity contribution in [2.75, 3.05) is 20.3 Å². The molecule has 132 valence electrons. The molecule has 1 amide bonds. The first-order chi connectivity index (χ1) is 12.7. The Bertz CT molecular complexity index is 1020.